The number of rotatable bonds is 9. The first-order chi connectivity index (χ1) is 12.8. The molecule has 27 heavy (non-hydrogen) atoms. The van der Waals surface area contributed by atoms with Crippen molar-refractivity contribution >= 4 is 15.9 Å². The predicted molar refractivity (Wildman–Crippen MR) is 108 cm³/mol. The van der Waals surface area contributed by atoms with Crippen molar-refractivity contribution in [2.75, 3.05) is 14.1 Å². The van der Waals surface area contributed by atoms with Crippen LogP contribution in [-0.2, 0) is 27.7 Å². The molecule has 0 aliphatic heterocycles. The summed E-state index contributed by atoms with van der Waals surface area (Å²) in [6, 6.07) is 17.0. The minimum absolute atomic E-state index is 0.0144. The monoisotopic (exact) mass is 388 g/mol. The summed E-state index contributed by atoms with van der Waals surface area (Å²) in [6.07, 6.45) is 2.80. The molecular formula is C21H28N2O3S. The van der Waals surface area contributed by atoms with Gasteiger partial charge in [-0.2, -0.15) is 0 Å². The SMILES string of the molecule is C[C@H](CCc1ccccc1)NC(=O)CCc1ccc(S(=O)(=O)N(C)C)cc1. The maximum atomic E-state index is 12.1. The first-order valence-corrected chi connectivity index (χ1v) is 10.6. The Hall–Kier alpha value is -2.18. The van der Waals surface area contributed by atoms with Gasteiger partial charge in [-0.05, 0) is 49.4 Å². The topological polar surface area (TPSA) is 66.5 Å². The van der Waals surface area contributed by atoms with Crippen LogP contribution in [0.5, 0.6) is 0 Å². The number of carbonyl (C=O) groups is 1. The number of hydrogen-bond donors (Lipinski definition) is 1. The lowest BCUT2D eigenvalue weighted by Crippen LogP contribution is -2.33. The predicted octanol–water partition coefficient (Wildman–Crippen LogP) is 3.01. The molecule has 1 N–H and O–H groups in total. The van der Waals surface area contributed by atoms with Crippen LogP contribution < -0.4 is 5.32 Å². The van der Waals surface area contributed by atoms with Crippen molar-refractivity contribution in [2.45, 2.75) is 43.5 Å². The Labute approximate surface area is 162 Å². The van der Waals surface area contributed by atoms with E-state index in [1.165, 1.54) is 24.0 Å². The summed E-state index contributed by atoms with van der Waals surface area (Å²) in [5, 5.41) is 3.03. The molecule has 0 saturated carbocycles. The van der Waals surface area contributed by atoms with Gasteiger partial charge in [0.15, 0.2) is 0 Å². The zero-order chi connectivity index (χ0) is 19.9. The highest BCUT2D eigenvalue weighted by atomic mass is 32.2. The molecule has 0 aromatic heterocycles. The summed E-state index contributed by atoms with van der Waals surface area (Å²) in [4.78, 5) is 12.4. The summed E-state index contributed by atoms with van der Waals surface area (Å²) >= 11 is 0. The lowest BCUT2D eigenvalue weighted by Gasteiger charge is -2.14. The number of amides is 1. The molecule has 5 nitrogen and oxygen atoms in total. The molecule has 2 aromatic rings. The molecule has 0 fully saturated rings. The molecule has 0 spiro atoms. The van der Waals surface area contributed by atoms with Crippen LogP contribution in [0.15, 0.2) is 59.5 Å². The molecule has 2 rings (SSSR count). The van der Waals surface area contributed by atoms with Crippen molar-refractivity contribution in [2.24, 2.45) is 0 Å². The van der Waals surface area contributed by atoms with Crippen LogP contribution in [0, 0.1) is 0 Å². The van der Waals surface area contributed by atoms with E-state index in [-0.39, 0.29) is 16.8 Å². The fourth-order valence-corrected chi connectivity index (χ4v) is 3.65. The van der Waals surface area contributed by atoms with Crippen LogP contribution in [0.2, 0.25) is 0 Å². The number of aryl methyl sites for hydroxylation is 2. The quantitative estimate of drug-likeness (QED) is 0.718. The molecular weight excluding hydrogens is 360 g/mol. The van der Waals surface area contributed by atoms with Crippen molar-refractivity contribution < 1.29 is 13.2 Å². The summed E-state index contributed by atoms with van der Waals surface area (Å²) in [5.74, 6) is 0.0144. The third kappa shape index (κ3) is 6.48. The minimum Gasteiger partial charge on any atom is -0.354 e. The zero-order valence-electron chi connectivity index (χ0n) is 16.2. The molecule has 0 radical (unpaired) electrons. The highest BCUT2D eigenvalue weighted by Gasteiger charge is 2.16. The van der Waals surface area contributed by atoms with E-state index in [1.54, 1.807) is 24.3 Å². The lowest BCUT2D eigenvalue weighted by molar-refractivity contribution is -0.121. The fraction of sp³-hybridized carbons (Fsp3) is 0.381. The van der Waals surface area contributed by atoms with Gasteiger partial charge >= 0.3 is 0 Å². The van der Waals surface area contributed by atoms with Gasteiger partial charge in [-0.15, -0.1) is 0 Å². The Morgan fingerprint density at radius 1 is 0.963 bits per heavy atom. The van der Waals surface area contributed by atoms with Crippen LogP contribution in [-0.4, -0.2) is 38.8 Å². The third-order valence-corrected chi connectivity index (χ3v) is 6.29. The van der Waals surface area contributed by atoms with Gasteiger partial charge in [0, 0.05) is 26.6 Å². The number of sulfonamides is 1. The van der Waals surface area contributed by atoms with E-state index in [4.69, 9.17) is 0 Å². The van der Waals surface area contributed by atoms with E-state index in [1.807, 2.05) is 25.1 Å². The van der Waals surface area contributed by atoms with Crippen molar-refractivity contribution in [3.05, 3.63) is 65.7 Å². The van der Waals surface area contributed by atoms with E-state index in [0.717, 1.165) is 18.4 Å². The smallest absolute Gasteiger partial charge is 0.242 e. The molecule has 0 saturated heterocycles. The number of nitrogens with zero attached hydrogens (tertiary/aromatic N) is 1. The van der Waals surface area contributed by atoms with Crippen molar-refractivity contribution in [3.8, 4) is 0 Å². The van der Waals surface area contributed by atoms with Gasteiger partial charge in [-0.3, -0.25) is 4.79 Å². The van der Waals surface area contributed by atoms with E-state index >= 15 is 0 Å². The van der Waals surface area contributed by atoms with Gasteiger partial charge in [0.25, 0.3) is 0 Å². The zero-order valence-corrected chi connectivity index (χ0v) is 17.0. The highest BCUT2D eigenvalue weighted by Crippen LogP contribution is 2.15. The van der Waals surface area contributed by atoms with Gasteiger partial charge in [0.2, 0.25) is 15.9 Å². The largest absolute Gasteiger partial charge is 0.354 e. The number of nitrogens with one attached hydrogen (secondary N) is 1. The van der Waals surface area contributed by atoms with Crippen LogP contribution in [0.1, 0.15) is 30.9 Å². The molecule has 0 aliphatic rings. The maximum absolute atomic E-state index is 12.1. The average molecular weight is 389 g/mol. The molecule has 146 valence electrons. The summed E-state index contributed by atoms with van der Waals surface area (Å²) < 4.78 is 25.3. The van der Waals surface area contributed by atoms with Crippen LogP contribution >= 0.6 is 0 Å². The Kier molecular flexibility index (Phi) is 7.56. The Bertz CT molecular complexity index is 831. The van der Waals surface area contributed by atoms with Gasteiger partial charge in [0.1, 0.15) is 0 Å². The standard InChI is InChI=1S/C21H28N2O3S/c1-17(9-10-18-7-5-4-6-8-18)22-21(24)16-13-19-11-14-20(15-12-19)27(25,26)23(2)3/h4-8,11-12,14-15,17H,9-10,13,16H2,1-3H3,(H,22,24)/t17-/m1/s1. The summed E-state index contributed by atoms with van der Waals surface area (Å²) in [7, 11) is -0.403. The second-order valence-electron chi connectivity index (χ2n) is 6.92. The normalized spacial score (nSPS) is 12.7. The first-order valence-electron chi connectivity index (χ1n) is 9.14. The second-order valence-corrected chi connectivity index (χ2v) is 9.08. The lowest BCUT2D eigenvalue weighted by atomic mass is 10.1. The Morgan fingerprint density at radius 2 is 1.56 bits per heavy atom. The molecule has 2 aromatic carbocycles. The van der Waals surface area contributed by atoms with Gasteiger partial charge in [-0.1, -0.05) is 42.5 Å². The molecule has 0 heterocycles. The van der Waals surface area contributed by atoms with E-state index < -0.39 is 10.0 Å². The van der Waals surface area contributed by atoms with E-state index in [2.05, 4.69) is 17.4 Å². The average Bonchev–Trinajstić information content (AvgIpc) is 2.66. The van der Waals surface area contributed by atoms with E-state index in [9.17, 15) is 13.2 Å². The summed E-state index contributed by atoms with van der Waals surface area (Å²) in [5.41, 5.74) is 2.21. The molecule has 6 heteroatoms. The molecule has 1 atom stereocenters. The fourth-order valence-electron chi connectivity index (χ4n) is 2.74. The van der Waals surface area contributed by atoms with Crippen LogP contribution in [0.25, 0.3) is 0 Å². The van der Waals surface area contributed by atoms with Crippen molar-refractivity contribution in [1.29, 1.82) is 0 Å². The maximum Gasteiger partial charge on any atom is 0.242 e. The third-order valence-electron chi connectivity index (χ3n) is 4.46. The first kappa shape index (κ1) is 21.1. The number of carbonyl (C=O) groups excluding carboxylic acids is 1. The van der Waals surface area contributed by atoms with Crippen molar-refractivity contribution in [1.82, 2.24) is 9.62 Å². The highest BCUT2D eigenvalue weighted by molar-refractivity contribution is 7.89. The molecule has 0 unspecified atom stereocenters. The van der Waals surface area contributed by atoms with Crippen molar-refractivity contribution in [3.63, 3.8) is 0 Å². The minimum atomic E-state index is -3.42. The Morgan fingerprint density at radius 3 is 2.15 bits per heavy atom. The number of hydrogen-bond acceptors (Lipinski definition) is 3. The van der Waals surface area contributed by atoms with Crippen LogP contribution in [0.4, 0.5) is 0 Å². The molecule has 0 bridgehead atoms. The molecule has 1 amide bonds. The van der Waals surface area contributed by atoms with E-state index in [0.29, 0.717) is 12.8 Å². The van der Waals surface area contributed by atoms with Gasteiger partial charge in [0.05, 0.1) is 4.90 Å². The second kappa shape index (κ2) is 9.67. The number of benzene rings is 2. The van der Waals surface area contributed by atoms with Gasteiger partial charge in [-0.25, -0.2) is 12.7 Å². The van der Waals surface area contributed by atoms with Gasteiger partial charge < -0.3 is 5.32 Å². The summed E-state index contributed by atoms with van der Waals surface area (Å²) in [6.45, 7) is 2.02. The molecule has 0 aliphatic carbocycles. The van der Waals surface area contributed by atoms with Crippen LogP contribution in [0.3, 0.4) is 0 Å². The Balaban J connectivity index is 1.78.